The molecule has 1 amide bonds. The molecule has 0 spiro atoms. The van der Waals surface area contributed by atoms with E-state index in [4.69, 9.17) is 4.42 Å². The average molecular weight is 348 g/mol. The second kappa shape index (κ2) is 7.44. The topological polar surface area (TPSA) is 63.3 Å². The van der Waals surface area contributed by atoms with Crippen LogP contribution in [0.25, 0.3) is 0 Å². The zero-order valence-corrected chi connectivity index (χ0v) is 15.2. The molecule has 6 nitrogen and oxygen atoms in total. The Morgan fingerprint density at radius 1 is 1.42 bits per heavy atom. The second-order valence-corrected chi connectivity index (χ2v) is 7.28. The highest BCUT2D eigenvalue weighted by molar-refractivity contribution is 7.99. The number of nitrogens with one attached hydrogen (secondary N) is 1. The molecule has 2 aromatic rings. The largest absolute Gasteiger partial charge is 0.468 e. The monoisotopic (exact) mass is 348 g/mol. The van der Waals surface area contributed by atoms with Gasteiger partial charge in [0, 0.05) is 43.9 Å². The fraction of sp³-hybridized carbons (Fsp3) is 0.529. The van der Waals surface area contributed by atoms with Crippen LogP contribution in [-0.4, -0.2) is 51.7 Å². The summed E-state index contributed by atoms with van der Waals surface area (Å²) in [5, 5.41) is 7.40. The van der Waals surface area contributed by atoms with E-state index in [0.717, 1.165) is 41.7 Å². The quantitative estimate of drug-likeness (QED) is 0.897. The molecule has 1 saturated heterocycles. The zero-order valence-electron chi connectivity index (χ0n) is 14.4. The van der Waals surface area contributed by atoms with E-state index in [1.807, 2.05) is 44.8 Å². The highest BCUT2D eigenvalue weighted by Crippen LogP contribution is 2.24. The number of hydrogen-bond donors (Lipinski definition) is 1. The first kappa shape index (κ1) is 17.1. The van der Waals surface area contributed by atoms with Gasteiger partial charge in [-0.05, 0) is 26.0 Å². The van der Waals surface area contributed by atoms with Crippen LogP contribution >= 0.6 is 11.8 Å². The summed E-state index contributed by atoms with van der Waals surface area (Å²) in [4.78, 5) is 15.0. The van der Waals surface area contributed by atoms with Gasteiger partial charge in [0.2, 0.25) is 0 Å². The molecule has 0 radical (unpaired) electrons. The first-order valence-electron chi connectivity index (χ1n) is 8.21. The Balaban J connectivity index is 1.72. The molecule has 3 rings (SSSR count). The lowest BCUT2D eigenvalue weighted by Crippen LogP contribution is -2.42. The summed E-state index contributed by atoms with van der Waals surface area (Å²) < 4.78 is 7.37. The average Bonchev–Trinajstić information content (AvgIpc) is 3.18. The summed E-state index contributed by atoms with van der Waals surface area (Å²) in [5.41, 5.74) is 2.32. The summed E-state index contributed by atoms with van der Waals surface area (Å²) in [7, 11) is 1.86. The lowest BCUT2D eigenvalue weighted by atomic mass is 10.1. The van der Waals surface area contributed by atoms with E-state index in [9.17, 15) is 4.79 Å². The Morgan fingerprint density at radius 2 is 2.17 bits per heavy atom. The van der Waals surface area contributed by atoms with Crippen LogP contribution in [0.1, 0.15) is 33.5 Å². The fourth-order valence-corrected chi connectivity index (χ4v) is 4.09. The number of carbonyl (C=O) groups is 1. The third-order valence-corrected chi connectivity index (χ3v) is 5.49. The standard InChI is InChI=1S/C17H24N4O2S/c1-12-16(13(2)20(3)19-12)17(22)18-11-14(15-5-4-8-23-15)21-6-9-24-10-7-21/h4-5,8,14H,6-7,9-11H2,1-3H3,(H,18,22)/t14-/m1/s1. The Labute approximate surface area is 146 Å². The molecule has 0 aromatic carbocycles. The number of thioether (sulfide) groups is 1. The molecule has 130 valence electrons. The van der Waals surface area contributed by atoms with Gasteiger partial charge in [0.05, 0.1) is 23.6 Å². The van der Waals surface area contributed by atoms with Crippen molar-refractivity contribution in [2.75, 3.05) is 31.1 Å². The summed E-state index contributed by atoms with van der Waals surface area (Å²) in [6.45, 7) is 6.34. The van der Waals surface area contributed by atoms with Gasteiger partial charge in [0.15, 0.2) is 0 Å². The van der Waals surface area contributed by atoms with E-state index in [1.165, 1.54) is 0 Å². The van der Waals surface area contributed by atoms with E-state index >= 15 is 0 Å². The van der Waals surface area contributed by atoms with E-state index in [2.05, 4.69) is 15.3 Å². The van der Waals surface area contributed by atoms with Crippen LogP contribution in [-0.2, 0) is 7.05 Å². The van der Waals surface area contributed by atoms with Crippen molar-refractivity contribution in [1.82, 2.24) is 20.0 Å². The Hall–Kier alpha value is -1.73. The third kappa shape index (κ3) is 3.52. The summed E-state index contributed by atoms with van der Waals surface area (Å²) in [6.07, 6.45) is 1.69. The Bertz CT molecular complexity index is 690. The SMILES string of the molecule is Cc1nn(C)c(C)c1C(=O)NC[C@H](c1ccco1)N1CCSCC1. The molecule has 0 aliphatic carbocycles. The molecular formula is C17H24N4O2S. The van der Waals surface area contributed by atoms with E-state index in [0.29, 0.717) is 12.1 Å². The van der Waals surface area contributed by atoms with Gasteiger partial charge >= 0.3 is 0 Å². The number of aromatic nitrogens is 2. The molecule has 24 heavy (non-hydrogen) atoms. The van der Waals surface area contributed by atoms with Crippen molar-refractivity contribution in [3.05, 3.63) is 41.1 Å². The normalized spacial score (nSPS) is 17.0. The van der Waals surface area contributed by atoms with Crippen molar-refractivity contribution >= 4 is 17.7 Å². The van der Waals surface area contributed by atoms with Gasteiger partial charge in [-0.3, -0.25) is 14.4 Å². The van der Waals surface area contributed by atoms with Crippen LogP contribution < -0.4 is 5.32 Å². The van der Waals surface area contributed by atoms with Gasteiger partial charge in [-0.25, -0.2) is 0 Å². The molecule has 3 heterocycles. The van der Waals surface area contributed by atoms with Gasteiger partial charge < -0.3 is 9.73 Å². The predicted molar refractivity (Wildman–Crippen MR) is 95.4 cm³/mol. The maximum absolute atomic E-state index is 12.6. The molecule has 2 aromatic heterocycles. The third-order valence-electron chi connectivity index (χ3n) is 4.55. The predicted octanol–water partition coefficient (Wildman–Crippen LogP) is 2.15. The Kier molecular flexibility index (Phi) is 5.30. The van der Waals surface area contributed by atoms with Crippen LogP contribution in [0.3, 0.4) is 0 Å². The van der Waals surface area contributed by atoms with Crippen molar-refractivity contribution in [3.8, 4) is 0 Å². The van der Waals surface area contributed by atoms with Crippen LogP contribution in [0, 0.1) is 13.8 Å². The van der Waals surface area contributed by atoms with Gasteiger partial charge in [-0.15, -0.1) is 0 Å². The first-order chi connectivity index (χ1) is 11.6. The molecule has 7 heteroatoms. The van der Waals surface area contributed by atoms with Gasteiger partial charge in [0.25, 0.3) is 5.91 Å². The molecule has 0 saturated carbocycles. The maximum atomic E-state index is 12.6. The highest BCUT2D eigenvalue weighted by Gasteiger charge is 2.26. The smallest absolute Gasteiger partial charge is 0.255 e. The molecule has 0 unspecified atom stereocenters. The fourth-order valence-electron chi connectivity index (χ4n) is 3.16. The van der Waals surface area contributed by atoms with Crippen LogP contribution in [0.5, 0.6) is 0 Å². The van der Waals surface area contributed by atoms with Crippen LogP contribution in [0.2, 0.25) is 0 Å². The number of amides is 1. The van der Waals surface area contributed by atoms with Crippen molar-refractivity contribution in [2.45, 2.75) is 19.9 Å². The molecule has 0 bridgehead atoms. The van der Waals surface area contributed by atoms with E-state index < -0.39 is 0 Å². The van der Waals surface area contributed by atoms with Gasteiger partial charge in [-0.1, -0.05) is 0 Å². The summed E-state index contributed by atoms with van der Waals surface area (Å²) in [5.74, 6) is 3.07. The molecular weight excluding hydrogens is 324 g/mol. The number of aryl methyl sites for hydroxylation is 2. The van der Waals surface area contributed by atoms with Gasteiger partial charge in [-0.2, -0.15) is 16.9 Å². The molecule has 1 aliphatic heterocycles. The minimum Gasteiger partial charge on any atom is -0.468 e. The zero-order chi connectivity index (χ0) is 17.1. The van der Waals surface area contributed by atoms with Crippen molar-refractivity contribution in [2.24, 2.45) is 7.05 Å². The maximum Gasteiger partial charge on any atom is 0.255 e. The second-order valence-electron chi connectivity index (χ2n) is 6.06. The van der Waals surface area contributed by atoms with E-state index in [1.54, 1.807) is 10.9 Å². The molecule has 1 N–H and O–H groups in total. The van der Waals surface area contributed by atoms with Crippen LogP contribution in [0.15, 0.2) is 22.8 Å². The van der Waals surface area contributed by atoms with Crippen LogP contribution in [0.4, 0.5) is 0 Å². The summed E-state index contributed by atoms with van der Waals surface area (Å²) in [6, 6.07) is 3.96. The number of nitrogens with zero attached hydrogens (tertiary/aromatic N) is 3. The minimum atomic E-state index is -0.0685. The number of rotatable bonds is 5. The summed E-state index contributed by atoms with van der Waals surface area (Å²) >= 11 is 1.97. The lowest BCUT2D eigenvalue weighted by molar-refractivity contribution is 0.0928. The molecule has 1 aliphatic rings. The first-order valence-corrected chi connectivity index (χ1v) is 9.37. The minimum absolute atomic E-state index is 0.0685. The van der Waals surface area contributed by atoms with Crippen molar-refractivity contribution in [3.63, 3.8) is 0 Å². The van der Waals surface area contributed by atoms with E-state index in [-0.39, 0.29) is 11.9 Å². The number of furan rings is 1. The Morgan fingerprint density at radius 3 is 2.75 bits per heavy atom. The number of carbonyl (C=O) groups excluding carboxylic acids is 1. The molecule has 1 fully saturated rings. The number of hydrogen-bond acceptors (Lipinski definition) is 5. The highest BCUT2D eigenvalue weighted by atomic mass is 32.2. The molecule has 1 atom stereocenters. The van der Waals surface area contributed by atoms with Crippen molar-refractivity contribution < 1.29 is 9.21 Å². The van der Waals surface area contributed by atoms with Gasteiger partial charge in [0.1, 0.15) is 5.76 Å². The lowest BCUT2D eigenvalue weighted by Gasteiger charge is -2.33. The van der Waals surface area contributed by atoms with Crippen molar-refractivity contribution in [1.29, 1.82) is 0 Å².